The van der Waals surface area contributed by atoms with Gasteiger partial charge in [-0.2, -0.15) is 0 Å². The van der Waals surface area contributed by atoms with Crippen LogP contribution in [0.25, 0.3) is 0 Å². The molecular formula is C40H80O9P-. The van der Waals surface area contributed by atoms with Gasteiger partial charge in [-0.25, -0.2) is 0 Å². The highest BCUT2D eigenvalue weighted by Crippen LogP contribution is 2.42. The summed E-state index contributed by atoms with van der Waals surface area (Å²) >= 11 is 0. The van der Waals surface area contributed by atoms with Crippen LogP contribution >= 0.6 is 7.82 Å². The molecule has 0 bridgehead atoms. The fourth-order valence-electron chi connectivity index (χ4n) is 7.35. The largest absolute Gasteiger partial charge is 0.756 e. The first-order valence-corrected chi connectivity index (χ1v) is 22.2. The van der Waals surface area contributed by atoms with Crippen molar-refractivity contribution in [3.05, 3.63) is 0 Å². The second kappa shape index (κ2) is 28.4. The summed E-state index contributed by atoms with van der Waals surface area (Å²) in [7, 11) is -4.83. The van der Waals surface area contributed by atoms with Crippen LogP contribution in [0.5, 0.6) is 0 Å². The number of hydrogen-bond acceptors (Lipinski definition) is 9. The van der Waals surface area contributed by atoms with Crippen molar-refractivity contribution in [3.63, 3.8) is 0 Å². The topological polar surface area (TPSA) is 149 Å². The highest BCUT2D eigenvalue weighted by molar-refractivity contribution is 7.45. The van der Waals surface area contributed by atoms with Crippen LogP contribution in [0.2, 0.25) is 0 Å². The monoisotopic (exact) mass is 736 g/mol. The molecule has 0 saturated carbocycles. The minimum Gasteiger partial charge on any atom is -0.756 e. The maximum Gasteiger partial charge on any atom is 0.270 e. The number of aliphatic hydroxyl groups excluding tert-OH is 4. The molecule has 0 spiro atoms. The Kier molecular flexibility index (Phi) is 27.2. The summed E-state index contributed by atoms with van der Waals surface area (Å²) in [6.45, 7) is 13.4. The van der Waals surface area contributed by atoms with Crippen molar-refractivity contribution in [2.45, 2.75) is 214 Å². The average Bonchev–Trinajstić information content (AvgIpc) is 3.06. The van der Waals surface area contributed by atoms with Crippen LogP contribution in [0, 0.1) is 29.6 Å². The molecule has 0 aromatic heterocycles. The van der Waals surface area contributed by atoms with Crippen LogP contribution in [0.3, 0.4) is 0 Å². The number of ether oxygens (including phenoxy) is 1. The zero-order valence-corrected chi connectivity index (χ0v) is 33.9. The van der Waals surface area contributed by atoms with Crippen LogP contribution in [0.4, 0.5) is 0 Å². The van der Waals surface area contributed by atoms with Gasteiger partial charge in [0.25, 0.3) is 7.82 Å². The molecule has 10 heteroatoms. The number of phosphoric acid groups is 1. The summed E-state index contributed by atoms with van der Waals surface area (Å²) in [5.74, 6) is 3.73. The van der Waals surface area contributed by atoms with Crippen molar-refractivity contribution in [1.29, 1.82) is 0 Å². The SMILES string of the molecule is CCCCCCCCC[C@H](C)CCC[C@H](C)CCC[C@H](C)CCC[C@H](C)CCC[C@H](C)CCCOP(=O)([O-])O[C@H]1O[C@H](CO)[C@@H](O)[C@H](O)[C@@H]1O. The van der Waals surface area contributed by atoms with E-state index in [-0.39, 0.29) is 6.61 Å². The van der Waals surface area contributed by atoms with Gasteiger partial charge in [-0.05, 0) is 42.4 Å². The number of aliphatic hydroxyl groups is 4. The summed E-state index contributed by atoms with van der Waals surface area (Å²) < 4.78 is 27.0. The highest BCUT2D eigenvalue weighted by atomic mass is 31.2. The van der Waals surface area contributed by atoms with Gasteiger partial charge in [-0.1, -0.05) is 170 Å². The maximum absolute atomic E-state index is 12.2. The highest BCUT2D eigenvalue weighted by Gasteiger charge is 2.45. The molecule has 0 aromatic carbocycles. The third-order valence-corrected chi connectivity index (χ3v) is 12.0. The molecule has 50 heavy (non-hydrogen) atoms. The van der Waals surface area contributed by atoms with Crippen molar-refractivity contribution in [2.24, 2.45) is 29.6 Å². The standard InChI is InChI=1S/C40H81O9P/c1-7-8-9-10-11-12-13-19-31(2)20-14-21-32(3)22-15-23-33(4)24-16-25-34(5)26-17-27-35(6)28-18-29-47-50(45,46)49-40-39(44)38(43)37(42)36(30-41)48-40/h31-44H,7-30H2,1-6H3,(H,45,46)/p-1/t31-,32-,33-,34-,35-,36+,37+,38-,39-,40+/m0/s1. The molecule has 1 unspecified atom stereocenters. The minimum atomic E-state index is -4.83. The van der Waals surface area contributed by atoms with E-state index >= 15 is 0 Å². The van der Waals surface area contributed by atoms with Gasteiger partial charge >= 0.3 is 0 Å². The summed E-state index contributed by atoms with van der Waals surface area (Å²) in [6.07, 6.45) is 20.2. The Hall–Kier alpha value is -0.0900. The van der Waals surface area contributed by atoms with Crippen molar-refractivity contribution < 1.29 is 43.7 Å². The fraction of sp³-hybridized carbons (Fsp3) is 1.00. The van der Waals surface area contributed by atoms with E-state index in [4.69, 9.17) is 13.8 Å². The lowest BCUT2D eigenvalue weighted by atomic mass is 9.89. The first kappa shape index (κ1) is 47.9. The van der Waals surface area contributed by atoms with E-state index in [0.717, 1.165) is 42.9 Å². The minimum absolute atomic E-state index is 0.0608. The quantitative estimate of drug-likeness (QED) is 0.0392. The van der Waals surface area contributed by atoms with Crippen LogP contribution in [-0.2, 0) is 18.3 Å². The van der Waals surface area contributed by atoms with Crippen LogP contribution < -0.4 is 4.89 Å². The molecule has 1 aliphatic heterocycles. The predicted octanol–water partition coefficient (Wildman–Crippen LogP) is 9.07. The van der Waals surface area contributed by atoms with Gasteiger partial charge in [0, 0.05) is 0 Å². The van der Waals surface area contributed by atoms with E-state index in [0.29, 0.717) is 12.3 Å². The number of phosphoric ester groups is 1. The molecule has 11 atom stereocenters. The first-order valence-electron chi connectivity index (χ1n) is 20.7. The van der Waals surface area contributed by atoms with Gasteiger partial charge in [0.15, 0.2) is 6.29 Å². The van der Waals surface area contributed by atoms with Gasteiger partial charge in [-0.15, -0.1) is 0 Å². The van der Waals surface area contributed by atoms with Crippen LogP contribution in [0.15, 0.2) is 0 Å². The van der Waals surface area contributed by atoms with Gasteiger partial charge in [-0.3, -0.25) is 9.09 Å². The van der Waals surface area contributed by atoms with E-state index in [1.165, 1.54) is 116 Å². The maximum atomic E-state index is 12.2. The van der Waals surface area contributed by atoms with E-state index in [1.807, 2.05) is 0 Å². The number of hydrogen-bond donors (Lipinski definition) is 4. The number of rotatable bonds is 32. The lowest BCUT2D eigenvalue weighted by Crippen LogP contribution is -2.59. The zero-order chi connectivity index (χ0) is 37.4. The average molecular weight is 736 g/mol. The van der Waals surface area contributed by atoms with E-state index in [1.54, 1.807) is 0 Å². The molecule has 300 valence electrons. The molecule has 0 amide bonds. The fourth-order valence-corrected chi connectivity index (χ4v) is 8.19. The molecule has 1 rings (SSSR count). The van der Waals surface area contributed by atoms with Crippen molar-refractivity contribution in [1.82, 2.24) is 0 Å². The Morgan fingerprint density at radius 1 is 0.580 bits per heavy atom. The van der Waals surface area contributed by atoms with Crippen LogP contribution in [0.1, 0.15) is 183 Å². The third-order valence-electron chi connectivity index (χ3n) is 11.0. The normalized spacial score (nSPS) is 25.5. The Labute approximate surface area is 307 Å². The summed E-state index contributed by atoms with van der Waals surface area (Å²) in [4.78, 5) is 12.2. The Morgan fingerprint density at radius 2 is 0.960 bits per heavy atom. The smallest absolute Gasteiger partial charge is 0.270 e. The van der Waals surface area contributed by atoms with E-state index in [2.05, 4.69) is 41.5 Å². The van der Waals surface area contributed by atoms with E-state index in [9.17, 15) is 29.9 Å². The molecule has 0 aromatic rings. The number of unbranched alkanes of at least 4 members (excludes halogenated alkanes) is 6. The Bertz CT molecular complexity index is 846. The van der Waals surface area contributed by atoms with Crippen molar-refractivity contribution in [3.8, 4) is 0 Å². The van der Waals surface area contributed by atoms with Crippen molar-refractivity contribution in [2.75, 3.05) is 13.2 Å². The zero-order valence-electron chi connectivity index (χ0n) is 33.0. The lowest BCUT2D eigenvalue weighted by Gasteiger charge is -2.41. The summed E-state index contributed by atoms with van der Waals surface area (Å²) in [5, 5.41) is 38.9. The molecular weight excluding hydrogens is 655 g/mol. The molecule has 1 heterocycles. The molecule has 4 N–H and O–H groups in total. The van der Waals surface area contributed by atoms with Gasteiger partial charge < -0.3 is 34.6 Å². The lowest BCUT2D eigenvalue weighted by molar-refractivity contribution is -0.304. The molecule has 9 nitrogen and oxygen atoms in total. The van der Waals surface area contributed by atoms with E-state index < -0.39 is 45.1 Å². The summed E-state index contributed by atoms with van der Waals surface area (Å²) in [5.41, 5.74) is 0. The van der Waals surface area contributed by atoms with Crippen LogP contribution in [-0.4, -0.2) is 64.3 Å². The van der Waals surface area contributed by atoms with Gasteiger partial charge in [0.1, 0.15) is 24.4 Å². The second-order valence-electron chi connectivity index (χ2n) is 16.4. The molecule has 1 aliphatic rings. The van der Waals surface area contributed by atoms with Crippen molar-refractivity contribution >= 4 is 7.82 Å². The molecule has 0 radical (unpaired) electrons. The first-order chi connectivity index (χ1) is 23.8. The Balaban J connectivity index is 2.04. The van der Waals surface area contributed by atoms with Gasteiger partial charge in [0.05, 0.1) is 13.2 Å². The molecule has 1 saturated heterocycles. The van der Waals surface area contributed by atoms with Gasteiger partial charge in [0.2, 0.25) is 0 Å². The second-order valence-corrected chi connectivity index (χ2v) is 17.7. The summed E-state index contributed by atoms with van der Waals surface area (Å²) in [6, 6.07) is 0. The molecule has 0 aliphatic carbocycles. The Morgan fingerprint density at radius 3 is 1.38 bits per heavy atom. The molecule has 1 fully saturated rings. The third kappa shape index (κ3) is 22.9. The predicted molar refractivity (Wildman–Crippen MR) is 201 cm³/mol.